The molecule has 0 saturated carbocycles. The van der Waals surface area contributed by atoms with Crippen LogP contribution in [0.3, 0.4) is 0 Å². The largest absolute Gasteiger partial charge is 0.306 e. The average molecular weight is 373 g/mol. The molecule has 7 nitrogen and oxygen atoms in total. The van der Waals surface area contributed by atoms with Crippen molar-refractivity contribution >= 4 is 22.2 Å². The molecule has 4 aromatic heterocycles. The second-order valence-electron chi connectivity index (χ2n) is 6.72. The van der Waals surface area contributed by atoms with Gasteiger partial charge in [-0.2, -0.15) is 5.10 Å². The fourth-order valence-electron chi connectivity index (χ4n) is 3.42. The highest BCUT2D eigenvalue weighted by Gasteiger charge is 2.18. The van der Waals surface area contributed by atoms with E-state index in [-0.39, 0.29) is 11.9 Å². The van der Waals surface area contributed by atoms with Crippen molar-refractivity contribution in [1.82, 2.24) is 34.3 Å². The lowest BCUT2D eigenvalue weighted by Gasteiger charge is -2.16. The summed E-state index contributed by atoms with van der Waals surface area (Å²) in [5.41, 5.74) is 4.21. The summed E-state index contributed by atoms with van der Waals surface area (Å²) in [6.07, 6.45) is 10.3. The minimum Gasteiger partial charge on any atom is -0.306 e. The zero-order valence-electron chi connectivity index (χ0n) is 15.3. The zero-order chi connectivity index (χ0) is 19.3. The number of halogens is 1. The van der Waals surface area contributed by atoms with Gasteiger partial charge in [-0.25, -0.2) is 19.3 Å². The molecule has 138 valence electrons. The molecule has 5 aromatic rings. The van der Waals surface area contributed by atoms with Crippen LogP contribution in [0.2, 0.25) is 0 Å². The number of benzene rings is 1. The maximum absolute atomic E-state index is 14.9. The Kier molecular flexibility index (Phi) is 3.65. The minimum atomic E-state index is -0.313. The molecule has 1 atom stereocenters. The van der Waals surface area contributed by atoms with Crippen molar-refractivity contribution in [2.75, 3.05) is 0 Å². The highest BCUT2D eigenvalue weighted by Crippen LogP contribution is 2.29. The van der Waals surface area contributed by atoms with Gasteiger partial charge in [-0.05, 0) is 19.1 Å². The zero-order valence-corrected chi connectivity index (χ0v) is 15.3. The third-order valence-corrected chi connectivity index (χ3v) is 4.91. The van der Waals surface area contributed by atoms with Crippen LogP contribution in [0.1, 0.15) is 18.5 Å². The lowest BCUT2D eigenvalue weighted by molar-refractivity contribution is 0.564. The molecule has 0 radical (unpaired) electrons. The highest BCUT2D eigenvalue weighted by atomic mass is 19.1. The van der Waals surface area contributed by atoms with E-state index in [1.165, 1.54) is 6.07 Å². The summed E-state index contributed by atoms with van der Waals surface area (Å²) in [7, 11) is 1.87. The molecule has 0 N–H and O–H groups in total. The summed E-state index contributed by atoms with van der Waals surface area (Å²) in [5, 5.41) is 5.06. The Morgan fingerprint density at radius 2 is 1.82 bits per heavy atom. The second kappa shape index (κ2) is 6.19. The van der Waals surface area contributed by atoms with E-state index in [1.54, 1.807) is 35.8 Å². The predicted molar refractivity (Wildman–Crippen MR) is 103 cm³/mol. The molecule has 0 bridgehead atoms. The molecule has 5 rings (SSSR count). The van der Waals surface area contributed by atoms with Gasteiger partial charge in [-0.3, -0.25) is 9.67 Å². The molecule has 0 amide bonds. The SMILES string of the molecule is CC(c1cc2cc(-c3cnn(C)c3)cnc2cc1F)n1cnc2nccnc21. The van der Waals surface area contributed by atoms with Crippen molar-refractivity contribution in [3.8, 4) is 11.1 Å². The first-order chi connectivity index (χ1) is 13.6. The van der Waals surface area contributed by atoms with Crippen molar-refractivity contribution in [3.05, 3.63) is 66.9 Å². The highest BCUT2D eigenvalue weighted by molar-refractivity contribution is 5.84. The standard InChI is InChI=1S/C20H16FN7/c1-12(28-11-25-19-20(28)23-4-3-22-19)16-6-13-5-14(15-9-26-27(2)10-15)8-24-18(13)7-17(16)21/h3-12H,1-2H3. The van der Waals surface area contributed by atoms with Crippen LogP contribution >= 0.6 is 0 Å². The third kappa shape index (κ3) is 2.61. The van der Waals surface area contributed by atoms with Crippen LogP contribution in [0.25, 0.3) is 33.3 Å². The van der Waals surface area contributed by atoms with Crippen molar-refractivity contribution in [3.63, 3.8) is 0 Å². The first-order valence-electron chi connectivity index (χ1n) is 8.82. The van der Waals surface area contributed by atoms with Gasteiger partial charge in [-0.15, -0.1) is 0 Å². The first-order valence-corrected chi connectivity index (χ1v) is 8.82. The van der Waals surface area contributed by atoms with Gasteiger partial charge in [0.15, 0.2) is 11.3 Å². The maximum atomic E-state index is 14.9. The smallest absolute Gasteiger partial charge is 0.197 e. The quantitative estimate of drug-likeness (QED) is 0.484. The molecular weight excluding hydrogens is 357 g/mol. The lowest BCUT2D eigenvalue weighted by Crippen LogP contribution is -2.08. The van der Waals surface area contributed by atoms with E-state index in [2.05, 4.69) is 25.0 Å². The fraction of sp³-hybridized carbons (Fsp3) is 0.150. The van der Waals surface area contributed by atoms with E-state index in [1.807, 2.05) is 36.9 Å². The minimum absolute atomic E-state index is 0.298. The van der Waals surface area contributed by atoms with Gasteiger partial charge in [0.1, 0.15) is 5.82 Å². The first kappa shape index (κ1) is 16.5. The van der Waals surface area contributed by atoms with Gasteiger partial charge >= 0.3 is 0 Å². The van der Waals surface area contributed by atoms with E-state index in [9.17, 15) is 4.39 Å². The molecule has 0 saturated heterocycles. The number of fused-ring (bicyclic) bond motifs is 2. The Hall–Kier alpha value is -3.68. The maximum Gasteiger partial charge on any atom is 0.197 e. The molecule has 0 aliphatic rings. The van der Waals surface area contributed by atoms with Gasteiger partial charge in [-0.1, -0.05) is 0 Å². The molecular formula is C20H16FN7. The van der Waals surface area contributed by atoms with E-state index in [4.69, 9.17) is 0 Å². The van der Waals surface area contributed by atoms with Gasteiger partial charge in [0, 0.05) is 60.0 Å². The molecule has 1 aromatic carbocycles. The number of nitrogens with zero attached hydrogens (tertiary/aromatic N) is 7. The Morgan fingerprint density at radius 1 is 0.964 bits per heavy atom. The van der Waals surface area contributed by atoms with Crippen LogP contribution in [0, 0.1) is 5.82 Å². The number of pyridine rings is 1. The van der Waals surface area contributed by atoms with E-state index in [0.29, 0.717) is 22.4 Å². The number of hydrogen-bond acceptors (Lipinski definition) is 5. The van der Waals surface area contributed by atoms with Crippen LogP contribution in [0.5, 0.6) is 0 Å². The van der Waals surface area contributed by atoms with Crippen LogP contribution in [0.15, 0.2) is 55.5 Å². The molecule has 4 heterocycles. The number of aromatic nitrogens is 7. The van der Waals surface area contributed by atoms with Crippen LogP contribution < -0.4 is 0 Å². The molecule has 28 heavy (non-hydrogen) atoms. The van der Waals surface area contributed by atoms with Gasteiger partial charge in [0.2, 0.25) is 0 Å². The third-order valence-electron chi connectivity index (χ3n) is 4.91. The number of hydrogen-bond donors (Lipinski definition) is 0. The monoisotopic (exact) mass is 373 g/mol. The van der Waals surface area contributed by atoms with E-state index < -0.39 is 0 Å². The van der Waals surface area contributed by atoms with Gasteiger partial charge < -0.3 is 4.57 Å². The Labute approximate surface area is 159 Å². The summed E-state index contributed by atoms with van der Waals surface area (Å²) < 4.78 is 18.4. The fourth-order valence-corrected chi connectivity index (χ4v) is 3.42. The molecule has 8 heteroatoms. The van der Waals surface area contributed by atoms with Crippen LogP contribution in [0.4, 0.5) is 4.39 Å². The Balaban J connectivity index is 1.63. The van der Waals surface area contributed by atoms with Crippen molar-refractivity contribution in [2.45, 2.75) is 13.0 Å². The molecule has 0 aliphatic heterocycles. The summed E-state index contributed by atoms with van der Waals surface area (Å²) in [5.74, 6) is -0.313. The lowest BCUT2D eigenvalue weighted by atomic mass is 10.0. The average Bonchev–Trinajstić information content (AvgIpc) is 3.33. The van der Waals surface area contributed by atoms with E-state index in [0.717, 1.165) is 16.5 Å². The van der Waals surface area contributed by atoms with Crippen LogP contribution in [-0.4, -0.2) is 34.3 Å². The summed E-state index contributed by atoms with van der Waals surface area (Å²) in [6.45, 7) is 1.92. The van der Waals surface area contributed by atoms with Crippen molar-refractivity contribution in [1.29, 1.82) is 0 Å². The topological polar surface area (TPSA) is 74.3 Å². The van der Waals surface area contributed by atoms with Crippen molar-refractivity contribution in [2.24, 2.45) is 7.05 Å². The van der Waals surface area contributed by atoms with Crippen molar-refractivity contribution < 1.29 is 4.39 Å². The summed E-state index contributed by atoms with van der Waals surface area (Å²) in [6, 6.07) is 5.01. The van der Waals surface area contributed by atoms with Gasteiger partial charge in [0.05, 0.1) is 24.1 Å². The number of rotatable bonds is 3. The molecule has 0 fully saturated rings. The molecule has 1 unspecified atom stereocenters. The second-order valence-corrected chi connectivity index (χ2v) is 6.72. The number of imidazole rings is 1. The van der Waals surface area contributed by atoms with Gasteiger partial charge in [0.25, 0.3) is 0 Å². The summed E-state index contributed by atoms with van der Waals surface area (Å²) >= 11 is 0. The predicted octanol–water partition coefficient (Wildman–Crippen LogP) is 3.52. The Bertz CT molecular complexity index is 1320. The number of aryl methyl sites for hydroxylation is 1. The van der Waals surface area contributed by atoms with Crippen LogP contribution in [-0.2, 0) is 7.05 Å². The van der Waals surface area contributed by atoms with E-state index >= 15 is 0 Å². The molecule has 0 spiro atoms. The summed E-state index contributed by atoms with van der Waals surface area (Å²) in [4.78, 5) is 17.2. The normalized spacial score (nSPS) is 12.7. The Morgan fingerprint density at radius 3 is 2.64 bits per heavy atom. The molecule has 0 aliphatic carbocycles.